The van der Waals surface area contributed by atoms with Crippen molar-refractivity contribution in [2.75, 3.05) is 6.61 Å². The van der Waals surface area contributed by atoms with Gasteiger partial charge in [-0.25, -0.2) is 4.39 Å². The number of rotatable bonds is 2. The quantitative estimate of drug-likeness (QED) is 0.635. The fourth-order valence-electron chi connectivity index (χ4n) is 0.814. The average molecular weight is 184 g/mol. The van der Waals surface area contributed by atoms with Crippen molar-refractivity contribution < 1.29 is 9.13 Å². The fraction of sp³-hybridized carbons (Fsp3) is 0.250. The van der Waals surface area contributed by atoms with Gasteiger partial charge < -0.3 is 4.74 Å². The van der Waals surface area contributed by atoms with Crippen molar-refractivity contribution in [1.29, 1.82) is 0 Å². The van der Waals surface area contributed by atoms with Crippen LogP contribution < -0.4 is 10.2 Å². The van der Waals surface area contributed by atoms with Crippen LogP contribution in [0.25, 0.3) is 0 Å². The molecule has 0 fully saturated rings. The fourth-order valence-corrected chi connectivity index (χ4v) is 1.04. The maximum absolute atomic E-state index is 13.0. The second-order valence-electron chi connectivity index (χ2n) is 2.21. The summed E-state index contributed by atoms with van der Waals surface area (Å²) in [5.41, 5.74) is 0.0310. The number of halogens is 2. The minimum absolute atomic E-state index is 0.0310. The zero-order valence-electron chi connectivity index (χ0n) is 6.60. The lowest BCUT2D eigenvalue weighted by Gasteiger charge is -2.07. The Morgan fingerprint density at radius 1 is 1.58 bits per heavy atom. The van der Waals surface area contributed by atoms with Crippen LogP contribution in [0, 0.1) is 5.82 Å². The normalized spacial score (nSPS) is 9.92. The van der Waals surface area contributed by atoms with E-state index in [-0.39, 0.29) is 10.5 Å². The summed E-state index contributed by atoms with van der Waals surface area (Å²) < 4.78 is 18.0. The van der Waals surface area contributed by atoms with Crippen molar-refractivity contribution in [2.24, 2.45) is 0 Å². The third kappa shape index (κ3) is 1.72. The average Bonchev–Trinajstić information content (AvgIpc) is 2.07. The molecule has 0 heterocycles. The molecule has 0 bridgehead atoms. The Bertz CT molecular complexity index is 291. The van der Waals surface area contributed by atoms with Crippen LogP contribution in [0.4, 0.5) is 4.39 Å². The molecule has 1 rings (SSSR count). The van der Waals surface area contributed by atoms with Crippen LogP contribution in [0.15, 0.2) is 12.1 Å². The molecule has 1 aromatic rings. The van der Waals surface area contributed by atoms with Crippen molar-refractivity contribution in [3.63, 3.8) is 0 Å². The Kier molecular flexibility index (Phi) is 2.98. The molecule has 0 saturated carbocycles. The van der Waals surface area contributed by atoms with Crippen molar-refractivity contribution in [3.8, 4) is 5.75 Å². The molecule has 0 aliphatic rings. The molecule has 0 aliphatic carbocycles. The summed E-state index contributed by atoms with van der Waals surface area (Å²) >= 11 is 5.60. The molecule has 2 radical (unpaired) electrons. The van der Waals surface area contributed by atoms with E-state index in [1.807, 2.05) is 0 Å². The molecule has 12 heavy (non-hydrogen) atoms. The summed E-state index contributed by atoms with van der Waals surface area (Å²) in [7, 11) is 5.27. The molecular formula is C8H7BClFO. The van der Waals surface area contributed by atoms with E-state index >= 15 is 0 Å². The number of benzene rings is 1. The second kappa shape index (κ2) is 3.81. The van der Waals surface area contributed by atoms with Gasteiger partial charge in [0.1, 0.15) is 24.4 Å². The first-order valence-electron chi connectivity index (χ1n) is 3.53. The molecule has 0 amide bonds. The largest absolute Gasteiger partial charge is 0.492 e. The van der Waals surface area contributed by atoms with Crippen LogP contribution in [0.5, 0.6) is 5.75 Å². The zero-order chi connectivity index (χ0) is 9.14. The monoisotopic (exact) mass is 184 g/mol. The van der Waals surface area contributed by atoms with E-state index in [0.29, 0.717) is 12.4 Å². The van der Waals surface area contributed by atoms with Crippen molar-refractivity contribution in [1.82, 2.24) is 0 Å². The maximum Gasteiger partial charge on any atom is 0.140 e. The van der Waals surface area contributed by atoms with Crippen molar-refractivity contribution >= 4 is 24.9 Å². The van der Waals surface area contributed by atoms with Gasteiger partial charge in [0.2, 0.25) is 0 Å². The summed E-state index contributed by atoms with van der Waals surface area (Å²) in [5.74, 6) is -0.298. The number of hydrogen-bond donors (Lipinski definition) is 0. The summed E-state index contributed by atoms with van der Waals surface area (Å²) in [6, 6.07) is 2.97. The van der Waals surface area contributed by atoms with E-state index in [9.17, 15) is 4.39 Å². The van der Waals surface area contributed by atoms with Crippen LogP contribution in [0.1, 0.15) is 6.92 Å². The molecule has 1 aromatic carbocycles. The maximum atomic E-state index is 13.0. The zero-order valence-corrected chi connectivity index (χ0v) is 7.36. The molecule has 4 heteroatoms. The van der Waals surface area contributed by atoms with Crippen molar-refractivity contribution in [3.05, 3.63) is 23.0 Å². The number of hydrogen-bond acceptors (Lipinski definition) is 1. The molecule has 0 saturated heterocycles. The van der Waals surface area contributed by atoms with E-state index in [1.165, 1.54) is 6.07 Å². The lowest BCUT2D eigenvalue weighted by Crippen LogP contribution is -2.09. The van der Waals surface area contributed by atoms with Crippen molar-refractivity contribution in [2.45, 2.75) is 6.92 Å². The Balaban J connectivity index is 3.08. The second-order valence-corrected chi connectivity index (χ2v) is 2.59. The van der Waals surface area contributed by atoms with Crippen LogP contribution in [0.3, 0.4) is 0 Å². The first-order valence-corrected chi connectivity index (χ1v) is 3.91. The van der Waals surface area contributed by atoms with Gasteiger partial charge in [-0.2, -0.15) is 0 Å². The standard InChI is InChI=1S/C8H7BClFO/c1-2-12-6-4-3-5(9)8(11)7(6)10/h3-4H,2H2,1H3. The molecule has 0 atom stereocenters. The predicted molar refractivity (Wildman–Crippen MR) is 48.0 cm³/mol. The molecule has 0 aliphatic heterocycles. The highest BCUT2D eigenvalue weighted by molar-refractivity contribution is 6.37. The lowest BCUT2D eigenvalue weighted by atomic mass is 9.96. The summed E-state index contributed by atoms with van der Waals surface area (Å²) in [6.45, 7) is 2.24. The van der Waals surface area contributed by atoms with Gasteiger partial charge in [-0.1, -0.05) is 23.1 Å². The minimum Gasteiger partial charge on any atom is -0.492 e. The van der Waals surface area contributed by atoms with Crippen LogP contribution in [0.2, 0.25) is 5.02 Å². The molecule has 0 unspecified atom stereocenters. The summed E-state index contributed by atoms with van der Waals surface area (Å²) in [4.78, 5) is 0. The van der Waals surface area contributed by atoms with E-state index in [1.54, 1.807) is 13.0 Å². The first-order chi connectivity index (χ1) is 5.66. The lowest BCUT2D eigenvalue weighted by molar-refractivity contribution is 0.338. The highest BCUT2D eigenvalue weighted by atomic mass is 35.5. The van der Waals surface area contributed by atoms with Crippen LogP contribution in [-0.4, -0.2) is 14.5 Å². The Labute approximate surface area is 76.9 Å². The van der Waals surface area contributed by atoms with E-state index in [2.05, 4.69) is 0 Å². The highest BCUT2D eigenvalue weighted by Gasteiger charge is 2.08. The van der Waals surface area contributed by atoms with Gasteiger partial charge >= 0.3 is 0 Å². The van der Waals surface area contributed by atoms with Gasteiger partial charge in [-0.15, -0.1) is 0 Å². The summed E-state index contributed by atoms with van der Waals surface area (Å²) in [6.07, 6.45) is 0. The topological polar surface area (TPSA) is 9.23 Å². The summed E-state index contributed by atoms with van der Waals surface area (Å²) in [5, 5.41) is -0.0585. The van der Waals surface area contributed by atoms with Gasteiger partial charge in [0, 0.05) is 0 Å². The van der Waals surface area contributed by atoms with Gasteiger partial charge in [0.05, 0.1) is 6.61 Å². The van der Waals surface area contributed by atoms with E-state index in [4.69, 9.17) is 24.2 Å². The Hall–Kier alpha value is -0.695. The van der Waals surface area contributed by atoms with Gasteiger partial charge in [0.15, 0.2) is 0 Å². The molecule has 1 nitrogen and oxygen atoms in total. The first kappa shape index (κ1) is 9.39. The van der Waals surface area contributed by atoms with Crippen LogP contribution in [-0.2, 0) is 0 Å². The van der Waals surface area contributed by atoms with Gasteiger partial charge in [-0.3, -0.25) is 0 Å². The molecule has 62 valence electrons. The van der Waals surface area contributed by atoms with Crippen LogP contribution >= 0.6 is 11.6 Å². The number of ether oxygens (including phenoxy) is 1. The van der Waals surface area contributed by atoms with Gasteiger partial charge in [0.25, 0.3) is 0 Å². The molecule has 0 N–H and O–H groups in total. The third-order valence-electron chi connectivity index (χ3n) is 1.38. The molecule has 0 aromatic heterocycles. The Morgan fingerprint density at radius 2 is 2.25 bits per heavy atom. The predicted octanol–water partition coefficient (Wildman–Crippen LogP) is 1.67. The van der Waals surface area contributed by atoms with E-state index in [0.717, 1.165) is 0 Å². The smallest absolute Gasteiger partial charge is 0.140 e. The van der Waals surface area contributed by atoms with Gasteiger partial charge in [-0.05, 0) is 13.0 Å². The molecular weight excluding hydrogens is 177 g/mol. The van der Waals surface area contributed by atoms with E-state index < -0.39 is 5.82 Å². The minimum atomic E-state index is -0.623. The Morgan fingerprint density at radius 3 is 2.83 bits per heavy atom. The SMILES string of the molecule is [B]c1ccc(OCC)c(Cl)c1F. The molecule has 0 spiro atoms. The third-order valence-corrected chi connectivity index (χ3v) is 1.73. The highest BCUT2D eigenvalue weighted by Crippen LogP contribution is 2.25.